The van der Waals surface area contributed by atoms with E-state index in [4.69, 9.17) is 5.73 Å². The molecular weight excluding hydrogens is 230 g/mol. The molecule has 1 amide bonds. The topological polar surface area (TPSA) is 75.7 Å². The number of nitrogens with zero attached hydrogens (tertiary/aromatic N) is 3. The van der Waals surface area contributed by atoms with Gasteiger partial charge in [0, 0.05) is 26.8 Å². The van der Waals surface area contributed by atoms with E-state index in [0.717, 1.165) is 17.2 Å². The second-order valence-corrected chi connectivity index (χ2v) is 4.04. The smallest absolute Gasteiger partial charge is 0.239 e. The number of rotatable bonds is 4. The Morgan fingerprint density at radius 3 is 3.00 bits per heavy atom. The fourth-order valence-electron chi connectivity index (χ4n) is 1.90. The highest BCUT2D eigenvalue weighted by atomic mass is 16.1. The number of amides is 1. The first-order chi connectivity index (χ1) is 8.67. The molecule has 3 N–H and O–H groups in total. The van der Waals surface area contributed by atoms with Gasteiger partial charge in [0.2, 0.25) is 5.91 Å². The molecule has 2 aromatic heterocycles. The summed E-state index contributed by atoms with van der Waals surface area (Å²) in [6.07, 6.45) is 1.92. The van der Waals surface area contributed by atoms with Crippen LogP contribution in [0.3, 0.4) is 0 Å². The summed E-state index contributed by atoms with van der Waals surface area (Å²) >= 11 is 0. The van der Waals surface area contributed by atoms with Gasteiger partial charge >= 0.3 is 0 Å². The molecule has 2 heterocycles. The molecule has 0 radical (unpaired) electrons. The van der Waals surface area contributed by atoms with Crippen molar-refractivity contribution in [2.24, 2.45) is 5.73 Å². The highest BCUT2D eigenvalue weighted by Crippen LogP contribution is 2.19. The van der Waals surface area contributed by atoms with E-state index in [0.29, 0.717) is 6.54 Å². The summed E-state index contributed by atoms with van der Waals surface area (Å²) < 4.78 is 1.94. The van der Waals surface area contributed by atoms with Crippen molar-refractivity contribution in [3.05, 3.63) is 30.1 Å². The van der Waals surface area contributed by atoms with Crippen molar-refractivity contribution < 1.29 is 4.79 Å². The van der Waals surface area contributed by atoms with Gasteiger partial charge in [-0.15, -0.1) is 0 Å². The van der Waals surface area contributed by atoms with Gasteiger partial charge in [-0.05, 0) is 12.1 Å². The van der Waals surface area contributed by atoms with Gasteiger partial charge in [0.1, 0.15) is 5.65 Å². The zero-order chi connectivity index (χ0) is 13.1. The van der Waals surface area contributed by atoms with Crippen molar-refractivity contribution in [2.45, 2.75) is 6.54 Å². The first-order valence-electron chi connectivity index (χ1n) is 5.75. The lowest BCUT2D eigenvalue weighted by atomic mass is 10.4. The first kappa shape index (κ1) is 12.4. The number of anilines is 1. The van der Waals surface area contributed by atoms with Gasteiger partial charge in [0.05, 0.1) is 12.2 Å². The lowest BCUT2D eigenvalue weighted by molar-refractivity contribution is -0.119. The monoisotopic (exact) mass is 247 g/mol. The molecule has 18 heavy (non-hydrogen) atoms. The highest BCUT2D eigenvalue weighted by molar-refractivity contribution is 5.81. The zero-order valence-corrected chi connectivity index (χ0v) is 10.6. The van der Waals surface area contributed by atoms with Gasteiger partial charge in [0.25, 0.3) is 0 Å². The number of carbonyl (C=O) groups excluding carboxylic acids is 1. The largest absolute Gasteiger partial charge is 0.358 e. The van der Waals surface area contributed by atoms with Gasteiger partial charge in [-0.25, -0.2) is 4.98 Å². The molecule has 0 aromatic carbocycles. The Kier molecular flexibility index (Phi) is 3.47. The number of nitrogens with two attached hydrogens (primary N) is 1. The van der Waals surface area contributed by atoms with Crippen LogP contribution in [0.5, 0.6) is 0 Å². The average Bonchev–Trinajstić information content (AvgIpc) is 2.77. The van der Waals surface area contributed by atoms with E-state index in [2.05, 4.69) is 10.3 Å². The van der Waals surface area contributed by atoms with Crippen molar-refractivity contribution in [1.29, 1.82) is 0 Å². The second kappa shape index (κ2) is 5.05. The minimum Gasteiger partial charge on any atom is -0.358 e. The third kappa shape index (κ3) is 2.14. The molecule has 6 heteroatoms. The van der Waals surface area contributed by atoms with Gasteiger partial charge in [-0.3, -0.25) is 4.79 Å². The molecule has 6 nitrogen and oxygen atoms in total. The lowest BCUT2D eigenvalue weighted by Crippen LogP contribution is -2.33. The lowest BCUT2D eigenvalue weighted by Gasteiger charge is -2.16. The van der Waals surface area contributed by atoms with Gasteiger partial charge in [-0.1, -0.05) is 6.07 Å². The molecule has 0 unspecified atom stereocenters. The fourth-order valence-corrected chi connectivity index (χ4v) is 1.90. The van der Waals surface area contributed by atoms with E-state index >= 15 is 0 Å². The molecule has 0 saturated heterocycles. The molecule has 0 aliphatic heterocycles. The Labute approximate surface area is 105 Å². The predicted octanol–water partition coefficient (Wildman–Crippen LogP) is -0.0248. The van der Waals surface area contributed by atoms with Crippen LogP contribution in [-0.4, -0.2) is 35.9 Å². The SMILES string of the molecule is CNC(=O)CN(C)c1nc2ccccn2c1CN. The van der Waals surface area contributed by atoms with Crippen molar-refractivity contribution in [3.8, 4) is 0 Å². The molecule has 2 aromatic rings. The van der Waals surface area contributed by atoms with E-state index in [1.54, 1.807) is 11.9 Å². The standard InChI is InChI=1S/C12H17N5O/c1-14-11(18)8-16(2)12-9(7-13)17-6-4-3-5-10(17)15-12/h3-6H,7-8,13H2,1-2H3,(H,14,18). The Hall–Kier alpha value is -2.08. The van der Waals surface area contributed by atoms with E-state index in [1.807, 2.05) is 35.8 Å². The quantitative estimate of drug-likeness (QED) is 0.796. The van der Waals surface area contributed by atoms with Gasteiger partial charge in [-0.2, -0.15) is 0 Å². The van der Waals surface area contributed by atoms with Crippen LogP contribution in [0.2, 0.25) is 0 Å². The van der Waals surface area contributed by atoms with Crippen molar-refractivity contribution in [2.75, 3.05) is 25.5 Å². The molecule has 0 aliphatic carbocycles. The predicted molar refractivity (Wildman–Crippen MR) is 70.4 cm³/mol. The number of aromatic nitrogens is 2. The van der Waals surface area contributed by atoms with Crippen molar-refractivity contribution in [1.82, 2.24) is 14.7 Å². The fraction of sp³-hybridized carbons (Fsp3) is 0.333. The van der Waals surface area contributed by atoms with Crippen molar-refractivity contribution >= 4 is 17.4 Å². The molecule has 0 atom stereocenters. The van der Waals surface area contributed by atoms with E-state index in [9.17, 15) is 4.79 Å². The molecule has 96 valence electrons. The maximum absolute atomic E-state index is 11.4. The van der Waals surface area contributed by atoms with Crippen LogP contribution < -0.4 is 16.0 Å². The van der Waals surface area contributed by atoms with E-state index in [-0.39, 0.29) is 12.5 Å². The summed E-state index contributed by atoms with van der Waals surface area (Å²) in [4.78, 5) is 17.7. The highest BCUT2D eigenvalue weighted by Gasteiger charge is 2.15. The third-order valence-electron chi connectivity index (χ3n) is 2.82. The van der Waals surface area contributed by atoms with Crippen LogP contribution in [0.1, 0.15) is 5.69 Å². The molecule has 0 bridgehead atoms. The number of carbonyl (C=O) groups is 1. The number of hydrogen-bond acceptors (Lipinski definition) is 4. The Morgan fingerprint density at radius 1 is 1.56 bits per heavy atom. The van der Waals surface area contributed by atoms with Gasteiger partial charge < -0.3 is 20.4 Å². The third-order valence-corrected chi connectivity index (χ3v) is 2.82. The van der Waals surface area contributed by atoms with Crippen LogP contribution in [0.15, 0.2) is 24.4 Å². The maximum atomic E-state index is 11.4. The van der Waals surface area contributed by atoms with Crippen LogP contribution in [0.25, 0.3) is 5.65 Å². The number of fused-ring (bicyclic) bond motifs is 1. The summed E-state index contributed by atoms with van der Waals surface area (Å²) in [6.45, 7) is 0.631. The minimum absolute atomic E-state index is 0.0578. The summed E-state index contributed by atoms with van der Waals surface area (Å²) in [5.41, 5.74) is 7.50. The van der Waals surface area contributed by atoms with Crippen LogP contribution in [-0.2, 0) is 11.3 Å². The van der Waals surface area contributed by atoms with E-state index in [1.165, 1.54) is 0 Å². The zero-order valence-electron chi connectivity index (χ0n) is 10.6. The Morgan fingerprint density at radius 2 is 2.33 bits per heavy atom. The normalized spacial score (nSPS) is 10.6. The summed E-state index contributed by atoms with van der Waals surface area (Å²) in [7, 11) is 3.44. The average molecular weight is 247 g/mol. The van der Waals surface area contributed by atoms with E-state index < -0.39 is 0 Å². The van der Waals surface area contributed by atoms with Crippen LogP contribution in [0, 0.1) is 0 Å². The van der Waals surface area contributed by atoms with Crippen LogP contribution >= 0.6 is 0 Å². The molecule has 0 fully saturated rings. The maximum Gasteiger partial charge on any atom is 0.239 e. The number of pyridine rings is 1. The number of nitrogens with one attached hydrogen (secondary N) is 1. The molecular formula is C12H17N5O. The van der Waals surface area contributed by atoms with Crippen molar-refractivity contribution in [3.63, 3.8) is 0 Å². The summed E-state index contributed by atoms with van der Waals surface area (Å²) in [5.74, 6) is 0.685. The Balaban J connectivity index is 2.40. The summed E-state index contributed by atoms with van der Waals surface area (Å²) in [5, 5.41) is 2.59. The number of likely N-dealkylation sites (N-methyl/N-ethyl adjacent to an activating group) is 2. The second-order valence-electron chi connectivity index (χ2n) is 4.04. The van der Waals surface area contributed by atoms with Crippen LogP contribution in [0.4, 0.5) is 5.82 Å². The van der Waals surface area contributed by atoms with Gasteiger partial charge in [0.15, 0.2) is 5.82 Å². The molecule has 0 spiro atoms. The Bertz CT molecular complexity index is 563. The number of hydrogen-bond donors (Lipinski definition) is 2. The molecule has 2 rings (SSSR count). The minimum atomic E-state index is -0.0578. The molecule has 0 saturated carbocycles. The number of imidazole rings is 1. The first-order valence-corrected chi connectivity index (χ1v) is 5.75. The molecule has 0 aliphatic rings. The summed E-state index contributed by atoms with van der Waals surface area (Å²) in [6, 6.07) is 5.76.